The predicted molar refractivity (Wildman–Crippen MR) is 123 cm³/mol. The van der Waals surface area contributed by atoms with Crippen molar-refractivity contribution in [3.05, 3.63) is 82.4 Å². The van der Waals surface area contributed by atoms with Gasteiger partial charge >= 0.3 is 0 Å². The minimum atomic E-state index is -0.229. The van der Waals surface area contributed by atoms with Crippen molar-refractivity contribution in [2.45, 2.75) is 33.2 Å². The van der Waals surface area contributed by atoms with Gasteiger partial charge in [-0.15, -0.1) is 11.3 Å². The molecule has 30 heavy (non-hydrogen) atoms. The van der Waals surface area contributed by atoms with E-state index < -0.39 is 0 Å². The lowest BCUT2D eigenvalue weighted by Crippen LogP contribution is -2.28. The first-order chi connectivity index (χ1) is 14.6. The maximum Gasteiger partial charge on any atom is 0.262 e. The number of nitrogens with zero attached hydrogens (tertiary/aromatic N) is 2. The van der Waals surface area contributed by atoms with Crippen molar-refractivity contribution in [1.29, 1.82) is 0 Å². The van der Waals surface area contributed by atoms with E-state index in [-0.39, 0.29) is 18.0 Å². The van der Waals surface area contributed by atoms with Gasteiger partial charge in [0, 0.05) is 10.6 Å². The molecule has 0 spiro atoms. The van der Waals surface area contributed by atoms with Gasteiger partial charge in [0.2, 0.25) is 5.91 Å². The van der Waals surface area contributed by atoms with Crippen LogP contribution in [0.15, 0.2) is 65.7 Å². The van der Waals surface area contributed by atoms with E-state index in [0.717, 1.165) is 40.1 Å². The molecule has 0 aliphatic rings. The van der Waals surface area contributed by atoms with E-state index >= 15 is 0 Å². The summed E-state index contributed by atoms with van der Waals surface area (Å²) in [6.45, 7) is 4.06. The van der Waals surface area contributed by atoms with Gasteiger partial charge in [-0.3, -0.25) is 14.2 Å². The molecule has 5 nitrogen and oxygen atoms in total. The smallest absolute Gasteiger partial charge is 0.262 e. The standard InChI is InChI=1S/C24H23N3O2S/c1-3-16-11-8-12-17(4-2)22(16)26-21(28)14-27-15-25-23-19(24(27)29)13-20(30-23)18-9-6-5-7-10-18/h5-13,15H,3-4,14H2,1-2H3,(H,26,28). The number of fused-ring (bicyclic) bond motifs is 1. The highest BCUT2D eigenvalue weighted by Crippen LogP contribution is 2.30. The number of para-hydroxylation sites is 1. The van der Waals surface area contributed by atoms with E-state index in [1.165, 1.54) is 22.2 Å². The van der Waals surface area contributed by atoms with Gasteiger partial charge in [0.25, 0.3) is 5.56 Å². The number of thiophene rings is 1. The molecule has 0 unspecified atom stereocenters. The highest BCUT2D eigenvalue weighted by molar-refractivity contribution is 7.21. The van der Waals surface area contributed by atoms with Crippen LogP contribution in [0.4, 0.5) is 5.69 Å². The molecular formula is C24H23N3O2S. The second-order valence-corrected chi connectivity index (χ2v) is 8.11. The maximum atomic E-state index is 13.0. The zero-order chi connectivity index (χ0) is 21.1. The molecule has 2 heterocycles. The third kappa shape index (κ3) is 3.91. The average molecular weight is 418 g/mol. The molecule has 0 fully saturated rings. The number of carbonyl (C=O) groups is 1. The van der Waals surface area contributed by atoms with Crippen molar-refractivity contribution in [2.75, 3.05) is 5.32 Å². The average Bonchev–Trinajstić information content (AvgIpc) is 3.22. The normalized spacial score (nSPS) is 11.0. The number of aromatic nitrogens is 2. The molecule has 2 aromatic heterocycles. The predicted octanol–water partition coefficient (Wildman–Crippen LogP) is 4.89. The number of anilines is 1. The Morgan fingerprint density at radius 1 is 1.03 bits per heavy atom. The van der Waals surface area contributed by atoms with Gasteiger partial charge in [-0.2, -0.15) is 0 Å². The van der Waals surface area contributed by atoms with Crippen LogP contribution in [0.5, 0.6) is 0 Å². The number of hydrogen-bond donors (Lipinski definition) is 1. The monoisotopic (exact) mass is 417 g/mol. The van der Waals surface area contributed by atoms with Gasteiger partial charge in [0.15, 0.2) is 0 Å². The van der Waals surface area contributed by atoms with E-state index in [9.17, 15) is 9.59 Å². The summed E-state index contributed by atoms with van der Waals surface area (Å²) < 4.78 is 1.37. The van der Waals surface area contributed by atoms with Gasteiger partial charge in [-0.05, 0) is 35.6 Å². The summed E-state index contributed by atoms with van der Waals surface area (Å²) in [5.74, 6) is -0.229. The van der Waals surface area contributed by atoms with Crippen LogP contribution in [0.3, 0.4) is 0 Å². The Balaban J connectivity index is 1.61. The van der Waals surface area contributed by atoms with Crippen LogP contribution in [-0.2, 0) is 24.2 Å². The number of rotatable bonds is 6. The number of hydrogen-bond acceptors (Lipinski definition) is 4. The van der Waals surface area contributed by atoms with Crippen molar-refractivity contribution in [3.8, 4) is 10.4 Å². The Kier molecular flexibility index (Phi) is 5.77. The summed E-state index contributed by atoms with van der Waals surface area (Å²) in [5.41, 5.74) is 3.89. The second-order valence-electron chi connectivity index (χ2n) is 7.08. The summed E-state index contributed by atoms with van der Waals surface area (Å²) in [6, 6.07) is 17.8. The minimum absolute atomic E-state index is 0.0699. The molecule has 1 N–H and O–H groups in total. The molecule has 4 aromatic rings. The zero-order valence-electron chi connectivity index (χ0n) is 17.0. The fraction of sp³-hybridized carbons (Fsp3) is 0.208. The molecule has 0 saturated heterocycles. The fourth-order valence-corrected chi connectivity index (χ4v) is 4.55. The number of nitrogens with one attached hydrogen (secondary N) is 1. The third-order valence-electron chi connectivity index (χ3n) is 5.15. The highest BCUT2D eigenvalue weighted by Gasteiger charge is 2.14. The lowest BCUT2D eigenvalue weighted by atomic mass is 10.0. The van der Waals surface area contributed by atoms with Crippen LogP contribution in [0.2, 0.25) is 0 Å². The first-order valence-corrected chi connectivity index (χ1v) is 10.9. The Hall–Kier alpha value is -3.25. The Labute approximate surface area is 179 Å². The number of amides is 1. The number of carbonyl (C=O) groups excluding carboxylic acids is 1. The van der Waals surface area contributed by atoms with Crippen molar-refractivity contribution < 1.29 is 4.79 Å². The van der Waals surface area contributed by atoms with Gasteiger partial charge in [0.05, 0.1) is 11.7 Å². The van der Waals surface area contributed by atoms with Gasteiger partial charge < -0.3 is 5.32 Å². The van der Waals surface area contributed by atoms with Gasteiger partial charge in [0.1, 0.15) is 11.4 Å². The first-order valence-electron chi connectivity index (χ1n) is 10.1. The van der Waals surface area contributed by atoms with E-state index in [2.05, 4.69) is 24.1 Å². The summed E-state index contributed by atoms with van der Waals surface area (Å²) in [7, 11) is 0. The van der Waals surface area contributed by atoms with Crippen LogP contribution >= 0.6 is 11.3 Å². The van der Waals surface area contributed by atoms with Crippen molar-refractivity contribution in [1.82, 2.24) is 9.55 Å². The molecule has 0 bridgehead atoms. The summed E-state index contributed by atoms with van der Waals surface area (Å²) in [4.78, 5) is 31.8. The second kappa shape index (κ2) is 8.63. The molecule has 4 rings (SSSR count). The molecular weight excluding hydrogens is 394 g/mol. The Morgan fingerprint density at radius 2 is 1.73 bits per heavy atom. The van der Waals surface area contributed by atoms with E-state index in [1.807, 2.05) is 54.6 Å². The quantitative estimate of drug-likeness (QED) is 0.486. The molecule has 2 aromatic carbocycles. The summed E-state index contributed by atoms with van der Waals surface area (Å²) in [5, 5.41) is 3.55. The topological polar surface area (TPSA) is 64.0 Å². The number of aryl methyl sites for hydroxylation is 2. The van der Waals surface area contributed by atoms with Crippen LogP contribution in [0.25, 0.3) is 20.7 Å². The fourth-order valence-electron chi connectivity index (χ4n) is 3.55. The largest absolute Gasteiger partial charge is 0.324 e. The number of benzene rings is 2. The van der Waals surface area contributed by atoms with E-state index in [1.54, 1.807) is 0 Å². The molecule has 0 saturated carbocycles. The van der Waals surface area contributed by atoms with Crippen LogP contribution < -0.4 is 10.9 Å². The van der Waals surface area contributed by atoms with Crippen LogP contribution in [-0.4, -0.2) is 15.5 Å². The molecule has 1 amide bonds. The summed E-state index contributed by atoms with van der Waals surface area (Å²) in [6.07, 6.45) is 3.12. The molecule has 6 heteroatoms. The lowest BCUT2D eigenvalue weighted by Gasteiger charge is -2.14. The molecule has 0 aliphatic heterocycles. The molecule has 0 radical (unpaired) electrons. The Morgan fingerprint density at radius 3 is 2.40 bits per heavy atom. The van der Waals surface area contributed by atoms with E-state index in [4.69, 9.17) is 0 Å². The molecule has 0 aliphatic carbocycles. The zero-order valence-corrected chi connectivity index (χ0v) is 17.8. The highest BCUT2D eigenvalue weighted by atomic mass is 32.1. The van der Waals surface area contributed by atoms with Crippen molar-refractivity contribution in [2.24, 2.45) is 0 Å². The third-order valence-corrected chi connectivity index (χ3v) is 6.25. The van der Waals surface area contributed by atoms with Crippen molar-refractivity contribution >= 4 is 33.1 Å². The van der Waals surface area contributed by atoms with Crippen molar-refractivity contribution in [3.63, 3.8) is 0 Å². The minimum Gasteiger partial charge on any atom is -0.324 e. The van der Waals surface area contributed by atoms with Gasteiger partial charge in [-0.1, -0.05) is 62.4 Å². The maximum absolute atomic E-state index is 13.0. The molecule has 152 valence electrons. The van der Waals surface area contributed by atoms with Crippen LogP contribution in [0, 0.1) is 0 Å². The molecule has 0 atom stereocenters. The SMILES string of the molecule is CCc1cccc(CC)c1NC(=O)Cn1cnc2sc(-c3ccccc3)cc2c1=O. The van der Waals surface area contributed by atoms with Crippen LogP contribution in [0.1, 0.15) is 25.0 Å². The summed E-state index contributed by atoms with van der Waals surface area (Å²) >= 11 is 1.48. The van der Waals surface area contributed by atoms with E-state index in [0.29, 0.717) is 10.2 Å². The lowest BCUT2D eigenvalue weighted by molar-refractivity contribution is -0.116. The van der Waals surface area contributed by atoms with Gasteiger partial charge in [-0.25, -0.2) is 4.98 Å². The first kappa shape index (κ1) is 20.0. The Bertz CT molecular complexity index is 1240.